The average Bonchev–Trinajstić information content (AvgIpc) is 2.57. The van der Waals surface area contributed by atoms with Gasteiger partial charge in [0.2, 0.25) is 11.2 Å². The van der Waals surface area contributed by atoms with E-state index in [2.05, 4.69) is 0 Å². The Morgan fingerprint density at radius 1 is 1.25 bits per heavy atom. The van der Waals surface area contributed by atoms with E-state index in [-0.39, 0.29) is 28.0 Å². The number of carbonyl (C=O) groups is 1. The Morgan fingerprint density at radius 2 is 2.04 bits per heavy atom. The third-order valence-corrected chi connectivity index (χ3v) is 3.63. The fourth-order valence-electron chi connectivity index (χ4n) is 2.42. The van der Waals surface area contributed by atoms with Gasteiger partial charge in [0.1, 0.15) is 17.6 Å². The highest BCUT2D eigenvalue weighted by Crippen LogP contribution is 2.25. The zero-order valence-electron chi connectivity index (χ0n) is 12.7. The lowest BCUT2D eigenvalue weighted by Crippen LogP contribution is -2.06. The fourth-order valence-corrected chi connectivity index (χ4v) is 2.42. The molecule has 0 bridgehead atoms. The Balaban J connectivity index is 2.01. The molecule has 122 valence electrons. The van der Waals surface area contributed by atoms with Crippen molar-refractivity contribution in [1.82, 2.24) is 0 Å². The van der Waals surface area contributed by atoms with Crippen LogP contribution >= 0.6 is 0 Å². The zero-order chi connectivity index (χ0) is 17.3. The summed E-state index contributed by atoms with van der Waals surface area (Å²) in [5.74, 6) is -0.969. The van der Waals surface area contributed by atoms with E-state index in [9.17, 15) is 14.7 Å². The Hall–Kier alpha value is -3.28. The number of carboxylic acid groups (broad SMARTS) is 1. The van der Waals surface area contributed by atoms with Gasteiger partial charge in [-0.25, -0.2) is 4.79 Å². The third kappa shape index (κ3) is 2.81. The van der Waals surface area contributed by atoms with E-state index < -0.39 is 11.4 Å². The minimum atomic E-state index is -1.02. The Morgan fingerprint density at radius 3 is 2.75 bits per heavy atom. The van der Waals surface area contributed by atoms with Crippen molar-refractivity contribution in [1.29, 1.82) is 0 Å². The van der Waals surface area contributed by atoms with Gasteiger partial charge in [-0.15, -0.1) is 5.75 Å². The second-order valence-electron chi connectivity index (χ2n) is 5.17. The molecular weight excluding hydrogens is 312 g/mol. The van der Waals surface area contributed by atoms with Gasteiger partial charge in [-0.05, 0) is 42.3 Å². The first-order valence-electron chi connectivity index (χ1n) is 7.26. The van der Waals surface area contributed by atoms with Crippen molar-refractivity contribution in [2.75, 3.05) is 0 Å². The first-order valence-corrected chi connectivity index (χ1v) is 7.26. The molecule has 0 aliphatic heterocycles. The summed E-state index contributed by atoms with van der Waals surface area (Å²) in [6.07, 6.45) is 1.65. The molecule has 0 aliphatic carbocycles. The van der Waals surface area contributed by atoms with Gasteiger partial charge in [-0.3, -0.25) is 4.79 Å². The molecule has 0 atom stereocenters. The molecule has 6 heteroatoms. The molecule has 1 heterocycles. The molecule has 0 fully saturated rings. The molecule has 1 N–H and O–H groups in total. The van der Waals surface area contributed by atoms with Gasteiger partial charge in [0.15, 0.2) is 0 Å². The first-order chi connectivity index (χ1) is 11.5. The maximum atomic E-state index is 12.4. The molecule has 2 aromatic carbocycles. The highest BCUT2D eigenvalue weighted by molar-refractivity contribution is 5.89. The van der Waals surface area contributed by atoms with Crippen LogP contribution in [0, 0.1) is 0 Å². The molecule has 0 saturated heterocycles. The van der Waals surface area contributed by atoms with Crippen LogP contribution < -0.4 is 15.3 Å². The number of hydrogen-bond acceptors (Lipinski definition) is 5. The number of aryl methyl sites for hydroxylation is 1. The summed E-state index contributed by atoms with van der Waals surface area (Å²) >= 11 is 0. The third-order valence-electron chi connectivity index (χ3n) is 3.63. The van der Waals surface area contributed by atoms with Crippen LogP contribution in [0.4, 0.5) is 0 Å². The maximum Gasteiger partial charge on any atom is 0.335 e. The van der Waals surface area contributed by atoms with Crippen molar-refractivity contribution in [2.24, 2.45) is 0 Å². The molecule has 3 rings (SSSR count). The Bertz CT molecular complexity index is 986. The minimum Gasteiger partial charge on any atom is -0.872 e. The SMILES string of the molecule is CCc1cc(Oc2coc3cc([O-])ccc3c2=O)ccc1C(=O)O. The number of ether oxygens (including phenoxy) is 1. The molecule has 0 unspecified atom stereocenters. The topological polar surface area (TPSA) is 99.8 Å². The number of hydrogen-bond donors (Lipinski definition) is 1. The van der Waals surface area contributed by atoms with Gasteiger partial charge in [-0.1, -0.05) is 13.0 Å². The molecule has 0 saturated carbocycles. The highest BCUT2D eigenvalue weighted by Gasteiger charge is 2.12. The lowest BCUT2D eigenvalue weighted by Gasteiger charge is -2.10. The molecule has 1 aromatic heterocycles. The summed E-state index contributed by atoms with van der Waals surface area (Å²) in [7, 11) is 0. The van der Waals surface area contributed by atoms with Crippen molar-refractivity contribution in [3.8, 4) is 17.2 Å². The maximum absolute atomic E-state index is 12.4. The van der Waals surface area contributed by atoms with E-state index in [1.54, 1.807) is 6.07 Å². The van der Waals surface area contributed by atoms with E-state index in [0.29, 0.717) is 17.7 Å². The number of rotatable bonds is 4. The van der Waals surface area contributed by atoms with Gasteiger partial charge in [0.25, 0.3) is 0 Å². The summed E-state index contributed by atoms with van der Waals surface area (Å²) < 4.78 is 10.8. The fraction of sp³-hybridized carbons (Fsp3) is 0.111. The molecule has 0 spiro atoms. The van der Waals surface area contributed by atoms with Crippen LogP contribution in [0.3, 0.4) is 0 Å². The average molecular weight is 325 g/mol. The normalized spacial score (nSPS) is 10.7. The van der Waals surface area contributed by atoms with Gasteiger partial charge in [0.05, 0.1) is 10.9 Å². The predicted molar refractivity (Wildman–Crippen MR) is 84.8 cm³/mol. The minimum absolute atomic E-state index is 0.0359. The molecule has 0 aliphatic rings. The zero-order valence-corrected chi connectivity index (χ0v) is 12.7. The van der Waals surface area contributed by atoms with Crippen molar-refractivity contribution in [3.05, 3.63) is 64.0 Å². The lowest BCUT2D eigenvalue weighted by molar-refractivity contribution is -0.268. The van der Waals surface area contributed by atoms with E-state index in [4.69, 9.17) is 14.3 Å². The Labute approximate surface area is 136 Å². The second-order valence-corrected chi connectivity index (χ2v) is 5.17. The van der Waals surface area contributed by atoms with E-state index >= 15 is 0 Å². The van der Waals surface area contributed by atoms with Crippen LogP contribution in [0.2, 0.25) is 0 Å². The van der Waals surface area contributed by atoms with E-state index in [0.717, 1.165) is 6.26 Å². The van der Waals surface area contributed by atoms with Crippen LogP contribution in [-0.2, 0) is 6.42 Å². The largest absolute Gasteiger partial charge is 0.872 e. The summed E-state index contributed by atoms with van der Waals surface area (Å²) in [6, 6.07) is 8.39. The lowest BCUT2D eigenvalue weighted by atomic mass is 10.1. The van der Waals surface area contributed by atoms with Crippen LogP contribution in [0.5, 0.6) is 17.2 Å². The molecule has 0 amide bonds. The predicted octanol–water partition coefficient (Wildman–Crippen LogP) is 2.92. The van der Waals surface area contributed by atoms with Crippen LogP contribution in [0.1, 0.15) is 22.8 Å². The van der Waals surface area contributed by atoms with E-state index in [1.165, 1.54) is 30.3 Å². The quantitative estimate of drug-likeness (QED) is 0.791. The molecular formula is C18H13O6-. The second kappa shape index (κ2) is 6.08. The Kier molecular flexibility index (Phi) is 3.95. The number of fused-ring (bicyclic) bond motifs is 1. The van der Waals surface area contributed by atoms with Crippen LogP contribution in [0.15, 0.2) is 51.9 Å². The van der Waals surface area contributed by atoms with Gasteiger partial charge < -0.3 is 19.4 Å². The number of aromatic carboxylic acids is 1. The van der Waals surface area contributed by atoms with Crippen molar-refractivity contribution < 1.29 is 24.2 Å². The van der Waals surface area contributed by atoms with Crippen LogP contribution in [-0.4, -0.2) is 11.1 Å². The molecule has 3 aromatic rings. The highest BCUT2D eigenvalue weighted by atomic mass is 16.5. The summed E-state index contributed by atoms with van der Waals surface area (Å²) in [5.41, 5.74) is 0.575. The molecule has 0 radical (unpaired) electrons. The standard InChI is InChI=1S/C18H14O6/c1-2-10-7-12(4-6-13(10)18(21)22)24-16-9-23-15-8-11(19)3-5-14(15)17(16)20/h3-9,19H,2H2,1H3,(H,21,22)/p-1. The summed E-state index contributed by atoms with van der Waals surface area (Å²) in [5, 5.41) is 20.7. The number of benzene rings is 2. The summed E-state index contributed by atoms with van der Waals surface area (Å²) in [6.45, 7) is 1.83. The molecule has 6 nitrogen and oxygen atoms in total. The van der Waals surface area contributed by atoms with E-state index in [1.807, 2.05) is 6.92 Å². The van der Waals surface area contributed by atoms with Crippen molar-refractivity contribution >= 4 is 16.9 Å². The first kappa shape index (κ1) is 15.6. The summed E-state index contributed by atoms with van der Waals surface area (Å²) in [4.78, 5) is 23.5. The smallest absolute Gasteiger partial charge is 0.335 e. The van der Waals surface area contributed by atoms with Crippen molar-refractivity contribution in [2.45, 2.75) is 13.3 Å². The van der Waals surface area contributed by atoms with Crippen LogP contribution in [0.25, 0.3) is 11.0 Å². The monoisotopic (exact) mass is 325 g/mol. The number of carboxylic acids is 1. The van der Waals surface area contributed by atoms with Gasteiger partial charge in [0, 0.05) is 0 Å². The molecule has 24 heavy (non-hydrogen) atoms. The van der Waals surface area contributed by atoms with Gasteiger partial charge in [-0.2, -0.15) is 0 Å². The van der Waals surface area contributed by atoms with Gasteiger partial charge >= 0.3 is 5.97 Å². The van der Waals surface area contributed by atoms with Crippen molar-refractivity contribution in [3.63, 3.8) is 0 Å².